The summed E-state index contributed by atoms with van der Waals surface area (Å²) in [5.74, 6) is 0.0879. The van der Waals surface area contributed by atoms with Crippen molar-refractivity contribution >= 4 is 39.7 Å². The lowest BCUT2D eigenvalue weighted by atomic mass is 9.97. The van der Waals surface area contributed by atoms with E-state index in [2.05, 4.69) is 82.9 Å². The van der Waals surface area contributed by atoms with E-state index in [1.54, 1.807) is 24.7 Å². The molecule has 0 bridgehead atoms. The van der Waals surface area contributed by atoms with Crippen LogP contribution in [0.15, 0.2) is 110 Å². The number of fused-ring (bicyclic) bond motifs is 1. The summed E-state index contributed by atoms with van der Waals surface area (Å²) in [6.07, 6.45) is 4.41. The summed E-state index contributed by atoms with van der Waals surface area (Å²) in [7, 11) is 0. The summed E-state index contributed by atoms with van der Waals surface area (Å²) in [6, 6.07) is 31.1. The predicted octanol–water partition coefficient (Wildman–Crippen LogP) is 6.64. The number of imidazole rings is 1. The van der Waals surface area contributed by atoms with Gasteiger partial charge in [-0.25, -0.2) is 4.98 Å². The monoisotopic (exact) mass is 648 g/mol. The van der Waals surface area contributed by atoms with Crippen molar-refractivity contribution in [1.29, 1.82) is 0 Å². The smallest absolute Gasteiger partial charge is 0.269 e. The lowest BCUT2D eigenvalue weighted by molar-refractivity contribution is -0.384. The second-order valence-corrected chi connectivity index (χ2v) is 12.2. The van der Waals surface area contributed by atoms with Crippen molar-refractivity contribution in [3.05, 3.63) is 142 Å². The summed E-state index contributed by atoms with van der Waals surface area (Å²) in [4.78, 5) is 30.6. The highest BCUT2D eigenvalue weighted by Gasteiger charge is 2.24. The molecule has 1 aromatic heterocycles. The maximum atomic E-state index is 13.6. The van der Waals surface area contributed by atoms with Gasteiger partial charge in [0.05, 0.1) is 17.7 Å². The highest BCUT2D eigenvalue weighted by Crippen LogP contribution is 2.22. The molecule has 9 nitrogen and oxygen atoms in total. The number of non-ortho nitro benzene ring substituents is 1. The van der Waals surface area contributed by atoms with Crippen LogP contribution in [-0.2, 0) is 30.8 Å². The van der Waals surface area contributed by atoms with Crippen LogP contribution in [0.2, 0.25) is 0 Å². The molecule has 0 aliphatic rings. The first-order chi connectivity index (χ1) is 22.8. The van der Waals surface area contributed by atoms with Gasteiger partial charge in [0.2, 0.25) is 5.91 Å². The number of carbonyl (C=O) groups is 1. The van der Waals surface area contributed by atoms with Gasteiger partial charge in [0.1, 0.15) is 0 Å². The highest BCUT2D eigenvalue weighted by atomic mass is 32.1. The fourth-order valence-electron chi connectivity index (χ4n) is 5.61. The molecule has 0 saturated heterocycles. The SMILES string of the molecule is CC[C@H](C)[C@@H](CN(Cc1cccc2ccccc12)C(=S)NCc1ccccc1)NC(=O)Cc1cncn1Cc1ccc([N+](=O)[O-])cc1. The molecule has 0 fully saturated rings. The van der Waals surface area contributed by atoms with E-state index in [1.807, 2.05) is 28.8 Å². The van der Waals surface area contributed by atoms with Crippen LogP contribution in [0.1, 0.15) is 42.7 Å². The fourth-order valence-corrected chi connectivity index (χ4v) is 5.82. The van der Waals surface area contributed by atoms with E-state index in [1.165, 1.54) is 22.9 Å². The Bertz CT molecular complexity index is 1800. The van der Waals surface area contributed by atoms with E-state index in [4.69, 9.17) is 12.2 Å². The van der Waals surface area contributed by atoms with Crippen molar-refractivity contribution in [3.63, 3.8) is 0 Å². The molecule has 0 radical (unpaired) electrons. The maximum absolute atomic E-state index is 13.6. The lowest BCUT2D eigenvalue weighted by Crippen LogP contribution is -2.51. The molecule has 2 N–H and O–H groups in total. The number of benzene rings is 4. The quantitative estimate of drug-likeness (QED) is 0.0790. The van der Waals surface area contributed by atoms with E-state index < -0.39 is 4.92 Å². The molecule has 1 heterocycles. The number of amides is 1. The average molecular weight is 649 g/mol. The molecule has 5 rings (SSSR count). The molecule has 47 heavy (non-hydrogen) atoms. The third-order valence-electron chi connectivity index (χ3n) is 8.55. The van der Waals surface area contributed by atoms with E-state index in [0.717, 1.165) is 28.8 Å². The number of rotatable bonds is 14. The largest absolute Gasteiger partial charge is 0.358 e. The van der Waals surface area contributed by atoms with Gasteiger partial charge in [-0.3, -0.25) is 14.9 Å². The lowest BCUT2D eigenvalue weighted by Gasteiger charge is -2.33. The number of nitrogens with zero attached hydrogens (tertiary/aromatic N) is 4. The van der Waals surface area contributed by atoms with Gasteiger partial charge in [-0.05, 0) is 45.6 Å². The molecular weight excluding hydrogens is 609 g/mol. The van der Waals surface area contributed by atoms with E-state index in [-0.39, 0.29) is 30.0 Å². The minimum Gasteiger partial charge on any atom is -0.358 e. The molecule has 0 aliphatic heterocycles. The zero-order chi connectivity index (χ0) is 33.2. The molecule has 5 aromatic rings. The maximum Gasteiger partial charge on any atom is 0.269 e. The van der Waals surface area contributed by atoms with Crippen LogP contribution in [0, 0.1) is 16.0 Å². The number of nitro benzene ring substituents is 1. The predicted molar refractivity (Wildman–Crippen MR) is 190 cm³/mol. The minimum atomic E-state index is -0.417. The van der Waals surface area contributed by atoms with Crippen LogP contribution in [-0.4, -0.2) is 43.0 Å². The number of aromatic nitrogens is 2. The van der Waals surface area contributed by atoms with E-state index in [9.17, 15) is 14.9 Å². The highest BCUT2D eigenvalue weighted by molar-refractivity contribution is 7.80. The van der Waals surface area contributed by atoms with Gasteiger partial charge in [-0.2, -0.15) is 0 Å². The topological polar surface area (TPSA) is 105 Å². The van der Waals surface area contributed by atoms with Crippen molar-refractivity contribution in [1.82, 2.24) is 25.1 Å². The average Bonchev–Trinajstić information content (AvgIpc) is 3.52. The van der Waals surface area contributed by atoms with Crippen LogP contribution < -0.4 is 10.6 Å². The summed E-state index contributed by atoms with van der Waals surface area (Å²) in [5.41, 5.74) is 3.98. The Morgan fingerprint density at radius 3 is 2.45 bits per heavy atom. The second-order valence-electron chi connectivity index (χ2n) is 11.8. The van der Waals surface area contributed by atoms with Crippen molar-refractivity contribution < 1.29 is 9.72 Å². The van der Waals surface area contributed by atoms with Crippen LogP contribution in [0.3, 0.4) is 0 Å². The molecule has 0 saturated carbocycles. The van der Waals surface area contributed by atoms with Gasteiger partial charge < -0.3 is 20.1 Å². The first kappa shape index (κ1) is 33.3. The summed E-state index contributed by atoms with van der Waals surface area (Å²) >= 11 is 6.00. The normalized spacial score (nSPS) is 12.3. The van der Waals surface area contributed by atoms with Gasteiger partial charge in [0.25, 0.3) is 5.69 Å². The van der Waals surface area contributed by atoms with Gasteiger partial charge in [0, 0.05) is 56.2 Å². The first-order valence-corrected chi connectivity index (χ1v) is 16.3. The summed E-state index contributed by atoms with van der Waals surface area (Å²) in [6.45, 7) is 6.46. The van der Waals surface area contributed by atoms with Crippen molar-refractivity contribution in [3.8, 4) is 0 Å². The molecule has 4 aromatic carbocycles. The molecule has 1 amide bonds. The molecule has 242 valence electrons. The van der Waals surface area contributed by atoms with Crippen molar-refractivity contribution in [2.45, 2.75) is 52.4 Å². The summed E-state index contributed by atoms with van der Waals surface area (Å²) in [5, 5.41) is 20.8. The first-order valence-electron chi connectivity index (χ1n) is 15.9. The second kappa shape index (κ2) is 16.0. The van der Waals surface area contributed by atoms with Crippen molar-refractivity contribution in [2.24, 2.45) is 5.92 Å². The molecule has 0 unspecified atom stereocenters. The number of nitrogens with one attached hydrogen (secondary N) is 2. The van der Waals surface area contributed by atoms with Crippen molar-refractivity contribution in [2.75, 3.05) is 6.54 Å². The number of thiocarbonyl (C=S) groups is 1. The molecular formula is C37H40N6O3S. The minimum absolute atomic E-state index is 0.0410. The Morgan fingerprint density at radius 2 is 1.70 bits per heavy atom. The van der Waals surface area contributed by atoms with Crippen LogP contribution in [0.4, 0.5) is 5.69 Å². The molecule has 0 aliphatic carbocycles. The third kappa shape index (κ3) is 9.01. The Hall–Kier alpha value is -5.09. The third-order valence-corrected chi connectivity index (χ3v) is 8.95. The van der Waals surface area contributed by atoms with E-state index in [0.29, 0.717) is 31.3 Å². The Labute approximate surface area is 280 Å². The van der Waals surface area contributed by atoms with Gasteiger partial charge >= 0.3 is 0 Å². The van der Waals surface area contributed by atoms with Crippen LogP contribution in [0.25, 0.3) is 10.8 Å². The standard InChI is InChI=1S/C37H40N6O3S/c1-3-27(2)35(40-36(44)20-33-22-38-26-42(33)23-29-16-18-32(19-17-29)43(45)46)25-41(37(47)39-21-28-10-5-4-6-11-28)24-31-14-9-13-30-12-7-8-15-34(30)31/h4-19,22,26-27,35H,3,20-21,23-25H2,1-2H3,(H,39,47)(H,40,44)/t27-,35+/m0/s1. The number of hydrogen-bond donors (Lipinski definition) is 2. The Kier molecular flexibility index (Phi) is 11.3. The number of hydrogen-bond acceptors (Lipinski definition) is 5. The Morgan fingerprint density at radius 1 is 0.979 bits per heavy atom. The summed E-state index contributed by atoms with van der Waals surface area (Å²) < 4.78 is 1.90. The number of nitro groups is 1. The zero-order valence-corrected chi connectivity index (χ0v) is 27.5. The zero-order valence-electron chi connectivity index (χ0n) is 26.7. The fraction of sp³-hybridized carbons (Fsp3) is 0.270. The van der Waals surface area contributed by atoms with Crippen LogP contribution in [0.5, 0.6) is 0 Å². The van der Waals surface area contributed by atoms with E-state index >= 15 is 0 Å². The molecule has 0 spiro atoms. The number of carbonyl (C=O) groups excluding carboxylic acids is 1. The Balaban J connectivity index is 1.31. The van der Waals surface area contributed by atoms with Gasteiger partial charge in [-0.15, -0.1) is 0 Å². The van der Waals surface area contributed by atoms with Crippen LogP contribution >= 0.6 is 12.2 Å². The van der Waals surface area contributed by atoms with Gasteiger partial charge in [0.15, 0.2) is 5.11 Å². The van der Waals surface area contributed by atoms with Gasteiger partial charge in [-0.1, -0.05) is 105 Å². The molecule has 10 heteroatoms. The molecule has 2 atom stereocenters.